The van der Waals surface area contributed by atoms with Crippen molar-refractivity contribution in [1.82, 2.24) is 10.3 Å². The molecule has 122 valence electrons. The fourth-order valence-corrected chi connectivity index (χ4v) is 3.49. The van der Waals surface area contributed by atoms with Crippen molar-refractivity contribution in [2.45, 2.75) is 25.3 Å². The maximum atomic E-state index is 5.95. The zero-order valence-corrected chi connectivity index (χ0v) is 13.7. The number of hydrogen-bond donors (Lipinski definition) is 1. The second-order valence-electron chi connectivity index (χ2n) is 6.34. The van der Waals surface area contributed by atoms with Crippen LogP contribution in [0, 0.1) is 0 Å². The number of rotatable bonds is 5. The van der Waals surface area contributed by atoms with Crippen LogP contribution in [0.5, 0.6) is 5.75 Å². The Kier molecular flexibility index (Phi) is 4.43. The highest BCUT2D eigenvalue weighted by atomic mass is 16.5. The quantitative estimate of drug-likeness (QED) is 0.727. The van der Waals surface area contributed by atoms with E-state index < -0.39 is 0 Å². The smallest absolute Gasteiger partial charge is 0.145 e. The Bertz CT molecular complexity index is 825. The van der Waals surface area contributed by atoms with Crippen molar-refractivity contribution in [3.63, 3.8) is 0 Å². The van der Waals surface area contributed by atoms with Gasteiger partial charge in [0.25, 0.3) is 0 Å². The molecule has 0 saturated heterocycles. The number of fused-ring (bicyclic) bond motifs is 2. The van der Waals surface area contributed by atoms with E-state index in [9.17, 15) is 0 Å². The van der Waals surface area contributed by atoms with Gasteiger partial charge in [-0.3, -0.25) is 4.98 Å². The van der Waals surface area contributed by atoms with Crippen LogP contribution in [0.15, 0.2) is 60.8 Å². The number of aryl methyl sites for hydroxylation is 1. The Balaban J connectivity index is 1.31. The van der Waals surface area contributed by atoms with Crippen LogP contribution in [0.3, 0.4) is 0 Å². The van der Waals surface area contributed by atoms with Crippen LogP contribution < -0.4 is 10.1 Å². The molecule has 0 spiro atoms. The molecule has 1 aromatic heterocycles. The molecule has 2 aromatic carbocycles. The van der Waals surface area contributed by atoms with Crippen LogP contribution in [-0.2, 0) is 12.8 Å². The Morgan fingerprint density at radius 1 is 1.00 bits per heavy atom. The molecule has 1 unspecified atom stereocenters. The van der Waals surface area contributed by atoms with Crippen LogP contribution >= 0.6 is 0 Å². The first-order valence-corrected chi connectivity index (χ1v) is 8.67. The van der Waals surface area contributed by atoms with Gasteiger partial charge in [-0.2, -0.15) is 0 Å². The zero-order valence-electron chi connectivity index (χ0n) is 13.7. The molecule has 0 radical (unpaired) electrons. The third-order valence-corrected chi connectivity index (χ3v) is 4.74. The first-order valence-electron chi connectivity index (χ1n) is 8.67. The Morgan fingerprint density at radius 2 is 1.88 bits per heavy atom. The lowest BCUT2D eigenvalue weighted by Gasteiger charge is -2.25. The van der Waals surface area contributed by atoms with E-state index in [-0.39, 0.29) is 0 Å². The molecular weight excluding hydrogens is 296 g/mol. The van der Waals surface area contributed by atoms with Gasteiger partial charge in [0.15, 0.2) is 0 Å². The molecule has 0 aliphatic heterocycles. The summed E-state index contributed by atoms with van der Waals surface area (Å²) in [6.45, 7) is 1.52. The second kappa shape index (κ2) is 7.02. The van der Waals surface area contributed by atoms with Gasteiger partial charge in [0.1, 0.15) is 17.9 Å². The minimum Gasteiger partial charge on any atom is -0.490 e. The molecule has 1 N–H and O–H groups in total. The van der Waals surface area contributed by atoms with Gasteiger partial charge in [-0.05, 0) is 42.5 Å². The predicted molar refractivity (Wildman–Crippen MR) is 97.5 cm³/mol. The molecule has 1 heterocycles. The maximum absolute atomic E-state index is 5.95. The van der Waals surface area contributed by atoms with Crippen LogP contribution in [0.1, 0.15) is 17.5 Å². The van der Waals surface area contributed by atoms with Gasteiger partial charge >= 0.3 is 0 Å². The van der Waals surface area contributed by atoms with Gasteiger partial charge < -0.3 is 10.1 Å². The highest BCUT2D eigenvalue weighted by molar-refractivity contribution is 5.84. The van der Waals surface area contributed by atoms with Gasteiger partial charge in [-0.25, -0.2) is 0 Å². The molecule has 0 fully saturated rings. The van der Waals surface area contributed by atoms with Gasteiger partial charge in [0.2, 0.25) is 0 Å². The fourth-order valence-electron chi connectivity index (χ4n) is 3.49. The summed E-state index contributed by atoms with van der Waals surface area (Å²) in [5, 5.41) is 4.75. The SMILES string of the molecule is c1ccc2c(c1)CCC(NCCOc1cccc3cccnc13)C2. The number of benzene rings is 2. The number of pyridine rings is 1. The highest BCUT2D eigenvalue weighted by Crippen LogP contribution is 2.23. The normalized spacial score (nSPS) is 16.8. The first kappa shape index (κ1) is 15.2. The van der Waals surface area contributed by atoms with Crippen LogP contribution in [0.2, 0.25) is 0 Å². The Morgan fingerprint density at radius 3 is 2.83 bits per heavy atom. The highest BCUT2D eigenvalue weighted by Gasteiger charge is 2.17. The second-order valence-corrected chi connectivity index (χ2v) is 6.34. The molecular formula is C21H22N2O. The van der Waals surface area contributed by atoms with Crippen molar-refractivity contribution >= 4 is 10.9 Å². The molecule has 0 bridgehead atoms. The summed E-state index contributed by atoms with van der Waals surface area (Å²) in [6.07, 6.45) is 5.30. The number of nitrogens with zero attached hydrogens (tertiary/aromatic N) is 1. The van der Waals surface area contributed by atoms with E-state index >= 15 is 0 Å². The van der Waals surface area contributed by atoms with Gasteiger partial charge in [0, 0.05) is 24.2 Å². The summed E-state index contributed by atoms with van der Waals surface area (Å²) in [6, 6.07) is 19.4. The lowest BCUT2D eigenvalue weighted by Crippen LogP contribution is -2.37. The van der Waals surface area contributed by atoms with E-state index in [0.29, 0.717) is 12.6 Å². The van der Waals surface area contributed by atoms with Gasteiger partial charge in [-0.1, -0.05) is 42.5 Å². The van der Waals surface area contributed by atoms with E-state index in [0.717, 1.165) is 29.6 Å². The van der Waals surface area contributed by atoms with Crippen molar-refractivity contribution in [3.05, 3.63) is 71.9 Å². The standard InChI is InChI=1S/C21H22N2O/c1-2-6-18-15-19(11-10-16(18)5-1)22-13-14-24-20-9-3-7-17-8-4-12-23-21(17)20/h1-9,12,19,22H,10-11,13-15H2. The predicted octanol–water partition coefficient (Wildman–Crippen LogP) is 3.76. The minimum atomic E-state index is 0.550. The third-order valence-electron chi connectivity index (χ3n) is 4.74. The molecule has 4 rings (SSSR count). The summed E-state index contributed by atoms with van der Waals surface area (Å²) < 4.78 is 5.95. The topological polar surface area (TPSA) is 34.1 Å². The molecule has 3 heteroatoms. The Labute approximate surface area is 142 Å². The van der Waals surface area contributed by atoms with E-state index in [1.54, 1.807) is 0 Å². The van der Waals surface area contributed by atoms with E-state index in [1.807, 2.05) is 24.4 Å². The molecule has 1 aliphatic carbocycles. The molecule has 1 atom stereocenters. The zero-order chi connectivity index (χ0) is 16.2. The van der Waals surface area contributed by atoms with E-state index in [2.05, 4.69) is 46.7 Å². The van der Waals surface area contributed by atoms with Gasteiger partial charge in [-0.15, -0.1) is 0 Å². The van der Waals surface area contributed by atoms with Gasteiger partial charge in [0.05, 0.1) is 0 Å². The first-order chi connectivity index (χ1) is 11.9. The summed E-state index contributed by atoms with van der Waals surface area (Å²) >= 11 is 0. The number of aromatic nitrogens is 1. The lowest BCUT2D eigenvalue weighted by atomic mass is 9.88. The van der Waals surface area contributed by atoms with Crippen molar-refractivity contribution < 1.29 is 4.74 Å². The molecule has 3 aromatic rings. The molecule has 0 amide bonds. The molecule has 24 heavy (non-hydrogen) atoms. The van der Waals surface area contributed by atoms with E-state index in [4.69, 9.17) is 4.74 Å². The maximum Gasteiger partial charge on any atom is 0.145 e. The van der Waals surface area contributed by atoms with Crippen LogP contribution in [-0.4, -0.2) is 24.2 Å². The van der Waals surface area contributed by atoms with Crippen LogP contribution in [0.4, 0.5) is 0 Å². The number of nitrogens with one attached hydrogen (secondary N) is 1. The third kappa shape index (κ3) is 3.26. The summed E-state index contributed by atoms with van der Waals surface area (Å²) in [5.74, 6) is 0.865. The van der Waals surface area contributed by atoms with Crippen molar-refractivity contribution in [1.29, 1.82) is 0 Å². The largest absolute Gasteiger partial charge is 0.490 e. The van der Waals surface area contributed by atoms with Crippen molar-refractivity contribution in [2.24, 2.45) is 0 Å². The molecule has 3 nitrogen and oxygen atoms in total. The summed E-state index contributed by atoms with van der Waals surface area (Å²) in [7, 11) is 0. The number of ether oxygens (including phenoxy) is 1. The number of para-hydroxylation sites is 1. The van der Waals surface area contributed by atoms with Crippen molar-refractivity contribution in [2.75, 3.05) is 13.2 Å². The fraction of sp³-hybridized carbons (Fsp3) is 0.286. The molecule has 1 aliphatic rings. The monoisotopic (exact) mass is 318 g/mol. The van der Waals surface area contributed by atoms with E-state index in [1.165, 1.54) is 24.0 Å². The van der Waals surface area contributed by atoms with Crippen molar-refractivity contribution in [3.8, 4) is 5.75 Å². The summed E-state index contributed by atoms with van der Waals surface area (Å²) in [5.41, 5.74) is 3.93. The Hall–Kier alpha value is -2.39. The number of hydrogen-bond acceptors (Lipinski definition) is 3. The average Bonchev–Trinajstić information content (AvgIpc) is 2.65. The lowest BCUT2D eigenvalue weighted by molar-refractivity contribution is 0.303. The average molecular weight is 318 g/mol. The molecule has 0 saturated carbocycles. The minimum absolute atomic E-state index is 0.550. The summed E-state index contributed by atoms with van der Waals surface area (Å²) in [4.78, 5) is 4.43. The van der Waals surface area contributed by atoms with Crippen LogP contribution in [0.25, 0.3) is 10.9 Å².